The van der Waals surface area contributed by atoms with Crippen molar-refractivity contribution in [3.63, 3.8) is 0 Å². The van der Waals surface area contributed by atoms with Crippen molar-refractivity contribution in [1.29, 1.82) is 0 Å². The van der Waals surface area contributed by atoms with Crippen LogP contribution in [0.15, 0.2) is 51.7 Å². The largest absolute Gasteiger partial charge is 0.508 e. The van der Waals surface area contributed by atoms with Crippen LogP contribution in [0, 0.1) is 0 Å². The van der Waals surface area contributed by atoms with Crippen molar-refractivity contribution in [2.45, 2.75) is 25.3 Å². The Morgan fingerprint density at radius 2 is 1.96 bits per heavy atom. The highest BCUT2D eigenvalue weighted by Gasteiger charge is 2.29. The van der Waals surface area contributed by atoms with Gasteiger partial charge < -0.3 is 19.7 Å². The minimum atomic E-state index is -0.778. The van der Waals surface area contributed by atoms with E-state index in [0.717, 1.165) is 31.4 Å². The minimum absolute atomic E-state index is 0.198. The lowest BCUT2D eigenvalue weighted by Gasteiger charge is -2.35. The van der Waals surface area contributed by atoms with E-state index in [-0.39, 0.29) is 23.5 Å². The van der Waals surface area contributed by atoms with Gasteiger partial charge in [0.1, 0.15) is 5.75 Å². The standard InChI is InChI=1S/C19H20N2O5/c22-15-10-16(26-17(23)11-15)19(25)21-9-5-4-8-14(21)12-20-18(24)13-6-2-1-3-7-13/h1-3,6-7,10-11,14,22H,4-5,8-9,12H2,(H,20,24)/t14-/m0/s1. The topological polar surface area (TPSA) is 99.9 Å². The van der Waals surface area contributed by atoms with Crippen molar-refractivity contribution in [2.24, 2.45) is 0 Å². The van der Waals surface area contributed by atoms with Crippen LogP contribution in [-0.4, -0.2) is 41.0 Å². The third-order valence-corrected chi connectivity index (χ3v) is 4.39. The summed E-state index contributed by atoms with van der Waals surface area (Å²) in [5.41, 5.74) is -0.223. The summed E-state index contributed by atoms with van der Waals surface area (Å²) in [6.45, 7) is 0.812. The first-order chi connectivity index (χ1) is 12.5. The van der Waals surface area contributed by atoms with Gasteiger partial charge in [0, 0.05) is 30.8 Å². The van der Waals surface area contributed by atoms with E-state index in [1.54, 1.807) is 29.2 Å². The minimum Gasteiger partial charge on any atom is -0.508 e. The number of piperidine rings is 1. The molecule has 7 heteroatoms. The van der Waals surface area contributed by atoms with E-state index in [2.05, 4.69) is 5.32 Å². The second-order valence-electron chi connectivity index (χ2n) is 6.22. The fourth-order valence-electron chi connectivity index (χ4n) is 3.09. The predicted molar refractivity (Wildman–Crippen MR) is 94.1 cm³/mol. The molecule has 1 aliphatic heterocycles. The van der Waals surface area contributed by atoms with Gasteiger partial charge >= 0.3 is 5.63 Å². The highest BCUT2D eigenvalue weighted by molar-refractivity contribution is 5.94. The van der Waals surface area contributed by atoms with Crippen molar-refractivity contribution in [2.75, 3.05) is 13.1 Å². The molecule has 0 spiro atoms. The predicted octanol–water partition coefficient (Wildman–Crippen LogP) is 1.77. The third kappa shape index (κ3) is 4.11. The molecule has 1 aromatic carbocycles. The van der Waals surface area contributed by atoms with Gasteiger partial charge in [0.15, 0.2) is 5.76 Å². The molecule has 1 fully saturated rings. The summed E-state index contributed by atoms with van der Waals surface area (Å²) in [5.74, 6) is -1.17. The van der Waals surface area contributed by atoms with Crippen LogP contribution < -0.4 is 10.9 Å². The number of carbonyl (C=O) groups is 2. The lowest BCUT2D eigenvalue weighted by Crippen LogP contribution is -2.49. The summed E-state index contributed by atoms with van der Waals surface area (Å²) in [6, 6.07) is 10.7. The zero-order chi connectivity index (χ0) is 18.5. The molecule has 0 bridgehead atoms. The Hall–Kier alpha value is -3.09. The number of rotatable bonds is 4. The highest BCUT2D eigenvalue weighted by Crippen LogP contribution is 2.20. The first-order valence-electron chi connectivity index (χ1n) is 8.53. The Bertz CT molecular complexity index is 847. The number of nitrogens with one attached hydrogen (secondary N) is 1. The molecule has 2 heterocycles. The summed E-state index contributed by atoms with van der Waals surface area (Å²) < 4.78 is 4.92. The monoisotopic (exact) mass is 356 g/mol. The molecule has 0 radical (unpaired) electrons. The summed E-state index contributed by atoms with van der Waals surface area (Å²) in [6.07, 6.45) is 2.52. The average molecular weight is 356 g/mol. The molecule has 2 amide bonds. The number of aromatic hydroxyl groups is 1. The van der Waals surface area contributed by atoms with E-state index in [9.17, 15) is 19.5 Å². The molecular formula is C19H20N2O5. The highest BCUT2D eigenvalue weighted by atomic mass is 16.4. The molecule has 1 saturated heterocycles. The Balaban J connectivity index is 1.70. The van der Waals surface area contributed by atoms with Crippen molar-refractivity contribution in [1.82, 2.24) is 10.2 Å². The number of likely N-dealkylation sites (tertiary alicyclic amines) is 1. The molecular weight excluding hydrogens is 336 g/mol. The van der Waals surface area contributed by atoms with Crippen molar-refractivity contribution in [3.8, 4) is 5.75 Å². The molecule has 26 heavy (non-hydrogen) atoms. The lowest BCUT2D eigenvalue weighted by atomic mass is 10.0. The van der Waals surface area contributed by atoms with Crippen molar-refractivity contribution < 1.29 is 19.1 Å². The average Bonchev–Trinajstić information content (AvgIpc) is 2.65. The van der Waals surface area contributed by atoms with Crippen LogP contribution in [0.5, 0.6) is 5.75 Å². The van der Waals surface area contributed by atoms with Crippen LogP contribution in [0.2, 0.25) is 0 Å². The molecule has 2 N–H and O–H groups in total. The first-order valence-corrected chi connectivity index (χ1v) is 8.53. The summed E-state index contributed by atoms with van der Waals surface area (Å²) in [5, 5.41) is 12.4. The second-order valence-corrected chi connectivity index (χ2v) is 6.22. The molecule has 7 nitrogen and oxygen atoms in total. The van der Waals surface area contributed by atoms with Crippen molar-refractivity contribution >= 4 is 11.8 Å². The van der Waals surface area contributed by atoms with Crippen LogP contribution in [0.4, 0.5) is 0 Å². The fourth-order valence-corrected chi connectivity index (χ4v) is 3.09. The van der Waals surface area contributed by atoms with E-state index in [1.807, 2.05) is 6.07 Å². The molecule has 136 valence electrons. The zero-order valence-corrected chi connectivity index (χ0v) is 14.2. The molecule has 0 aliphatic carbocycles. The lowest BCUT2D eigenvalue weighted by molar-refractivity contribution is 0.0566. The van der Waals surface area contributed by atoms with E-state index < -0.39 is 11.5 Å². The Morgan fingerprint density at radius 1 is 1.19 bits per heavy atom. The maximum absolute atomic E-state index is 12.7. The number of benzene rings is 1. The second kappa shape index (κ2) is 7.86. The van der Waals surface area contributed by atoms with Crippen LogP contribution in [0.3, 0.4) is 0 Å². The quantitative estimate of drug-likeness (QED) is 0.870. The maximum Gasteiger partial charge on any atom is 0.340 e. The van der Waals surface area contributed by atoms with Gasteiger partial charge in [-0.1, -0.05) is 18.2 Å². The van der Waals surface area contributed by atoms with Gasteiger partial charge in [0.2, 0.25) is 0 Å². The van der Waals surface area contributed by atoms with Gasteiger partial charge in [-0.05, 0) is 31.4 Å². The molecule has 1 aromatic heterocycles. The zero-order valence-electron chi connectivity index (χ0n) is 14.2. The van der Waals surface area contributed by atoms with Gasteiger partial charge in [-0.3, -0.25) is 9.59 Å². The molecule has 1 atom stereocenters. The van der Waals surface area contributed by atoms with Crippen LogP contribution in [0.1, 0.15) is 40.2 Å². The molecule has 1 aliphatic rings. The molecule has 2 aromatic rings. The Kier molecular flexibility index (Phi) is 5.36. The SMILES string of the molecule is O=C(NC[C@@H]1CCCCN1C(=O)c1cc(O)cc(=O)o1)c1ccccc1. The summed E-state index contributed by atoms with van der Waals surface area (Å²) in [4.78, 5) is 37.9. The smallest absolute Gasteiger partial charge is 0.340 e. The van der Waals surface area contributed by atoms with Crippen LogP contribution >= 0.6 is 0 Å². The maximum atomic E-state index is 12.7. The van der Waals surface area contributed by atoms with Crippen molar-refractivity contribution in [3.05, 3.63) is 64.2 Å². The van der Waals surface area contributed by atoms with E-state index in [4.69, 9.17) is 4.42 Å². The normalized spacial score (nSPS) is 16.9. The Morgan fingerprint density at radius 3 is 2.69 bits per heavy atom. The van der Waals surface area contributed by atoms with Gasteiger partial charge in [-0.15, -0.1) is 0 Å². The number of hydrogen-bond acceptors (Lipinski definition) is 5. The fraction of sp³-hybridized carbons (Fsp3) is 0.316. The van der Waals surface area contributed by atoms with E-state index in [0.29, 0.717) is 18.7 Å². The van der Waals surface area contributed by atoms with Gasteiger partial charge in [-0.2, -0.15) is 0 Å². The molecule has 3 rings (SSSR count). The molecule has 0 saturated carbocycles. The van der Waals surface area contributed by atoms with Crippen LogP contribution in [-0.2, 0) is 0 Å². The van der Waals surface area contributed by atoms with Gasteiger partial charge in [-0.25, -0.2) is 4.79 Å². The van der Waals surface area contributed by atoms with Crippen LogP contribution in [0.25, 0.3) is 0 Å². The Labute approximate surface area is 150 Å². The number of nitrogens with zero attached hydrogens (tertiary/aromatic N) is 1. The number of carbonyl (C=O) groups excluding carboxylic acids is 2. The molecule has 0 unspecified atom stereocenters. The van der Waals surface area contributed by atoms with Gasteiger partial charge in [0.05, 0.1) is 6.07 Å². The third-order valence-electron chi connectivity index (χ3n) is 4.39. The van der Waals surface area contributed by atoms with Gasteiger partial charge in [0.25, 0.3) is 11.8 Å². The van der Waals surface area contributed by atoms with E-state index >= 15 is 0 Å². The summed E-state index contributed by atoms with van der Waals surface area (Å²) in [7, 11) is 0. The summed E-state index contributed by atoms with van der Waals surface area (Å²) >= 11 is 0. The number of amides is 2. The van der Waals surface area contributed by atoms with E-state index in [1.165, 1.54) is 0 Å². The first kappa shape index (κ1) is 17.7. The number of hydrogen-bond donors (Lipinski definition) is 2.